The van der Waals surface area contributed by atoms with Gasteiger partial charge in [0.25, 0.3) is 0 Å². The number of likely N-dealkylation sites (N-methyl/N-ethyl adjacent to an activating group) is 1. The fraction of sp³-hybridized carbons (Fsp3) is 0.429. The van der Waals surface area contributed by atoms with Crippen molar-refractivity contribution in [2.75, 3.05) is 30.4 Å². The first-order chi connectivity index (χ1) is 5.38. The molecule has 0 aromatic carbocycles. The molecule has 58 valence electrons. The number of rotatable bonds is 0. The second-order valence-electron chi connectivity index (χ2n) is 2.58. The number of hydrogen-bond acceptors (Lipinski definition) is 4. The zero-order valence-electron chi connectivity index (χ0n) is 6.41. The molecule has 1 aliphatic rings. The summed E-state index contributed by atoms with van der Waals surface area (Å²) < 4.78 is 0. The molecule has 0 aliphatic carbocycles. The van der Waals surface area contributed by atoms with Crippen LogP contribution in [0.5, 0.6) is 0 Å². The molecule has 11 heavy (non-hydrogen) atoms. The highest BCUT2D eigenvalue weighted by molar-refractivity contribution is 5.62. The van der Waals surface area contributed by atoms with Gasteiger partial charge in [-0.2, -0.15) is 0 Å². The van der Waals surface area contributed by atoms with E-state index in [1.165, 1.54) is 0 Å². The SMILES string of the molecule is CN1CCNc2nccnc21. The van der Waals surface area contributed by atoms with Crippen molar-refractivity contribution in [2.24, 2.45) is 0 Å². The van der Waals surface area contributed by atoms with Crippen molar-refractivity contribution >= 4 is 11.6 Å². The van der Waals surface area contributed by atoms with Gasteiger partial charge in [-0.3, -0.25) is 0 Å². The Bertz CT molecular complexity index is 260. The maximum absolute atomic E-state index is 4.20. The lowest BCUT2D eigenvalue weighted by Crippen LogP contribution is -2.31. The first-order valence-corrected chi connectivity index (χ1v) is 3.64. The van der Waals surface area contributed by atoms with E-state index in [1.807, 2.05) is 7.05 Å². The van der Waals surface area contributed by atoms with Crippen molar-refractivity contribution in [1.82, 2.24) is 9.97 Å². The van der Waals surface area contributed by atoms with Crippen LogP contribution in [0, 0.1) is 0 Å². The normalized spacial score (nSPS) is 15.5. The predicted octanol–water partition coefficient (Wildman–Crippen LogP) is 0.338. The Morgan fingerprint density at radius 2 is 2.27 bits per heavy atom. The van der Waals surface area contributed by atoms with Crippen molar-refractivity contribution in [3.05, 3.63) is 12.4 Å². The molecule has 2 heterocycles. The highest BCUT2D eigenvalue weighted by Gasteiger charge is 2.13. The number of anilines is 2. The third-order valence-corrected chi connectivity index (χ3v) is 1.78. The zero-order chi connectivity index (χ0) is 7.68. The van der Waals surface area contributed by atoms with E-state index in [1.54, 1.807) is 12.4 Å². The maximum atomic E-state index is 4.20. The van der Waals surface area contributed by atoms with Crippen molar-refractivity contribution in [2.45, 2.75) is 0 Å². The smallest absolute Gasteiger partial charge is 0.171 e. The average molecular weight is 150 g/mol. The van der Waals surface area contributed by atoms with Gasteiger partial charge >= 0.3 is 0 Å². The van der Waals surface area contributed by atoms with E-state index in [0.29, 0.717) is 0 Å². The quantitative estimate of drug-likeness (QED) is 0.579. The summed E-state index contributed by atoms with van der Waals surface area (Å²) in [5.41, 5.74) is 0. The van der Waals surface area contributed by atoms with Gasteiger partial charge in [0.1, 0.15) is 0 Å². The van der Waals surface area contributed by atoms with Crippen LogP contribution in [0.4, 0.5) is 11.6 Å². The van der Waals surface area contributed by atoms with E-state index in [9.17, 15) is 0 Å². The van der Waals surface area contributed by atoms with Crippen LogP contribution in [0.1, 0.15) is 0 Å². The molecule has 4 heteroatoms. The Labute approximate surface area is 65.3 Å². The molecule has 0 saturated heterocycles. The molecule has 0 unspecified atom stereocenters. The lowest BCUT2D eigenvalue weighted by Gasteiger charge is -2.25. The molecule has 0 spiro atoms. The van der Waals surface area contributed by atoms with Crippen LogP contribution in [0.15, 0.2) is 12.4 Å². The molecular weight excluding hydrogens is 140 g/mol. The number of nitrogens with zero attached hydrogens (tertiary/aromatic N) is 3. The van der Waals surface area contributed by atoms with Gasteiger partial charge in [0.15, 0.2) is 11.6 Å². The minimum absolute atomic E-state index is 0.890. The van der Waals surface area contributed by atoms with Crippen LogP contribution in [0.3, 0.4) is 0 Å². The molecule has 0 amide bonds. The molecule has 1 aromatic rings. The van der Waals surface area contributed by atoms with E-state index < -0.39 is 0 Å². The molecule has 2 rings (SSSR count). The fourth-order valence-electron chi connectivity index (χ4n) is 1.18. The first kappa shape index (κ1) is 6.39. The average Bonchev–Trinajstić information content (AvgIpc) is 2.06. The Kier molecular flexibility index (Phi) is 1.38. The summed E-state index contributed by atoms with van der Waals surface area (Å²) in [6.07, 6.45) is 3.41. The van der Waals surface area contributed by atoms with Crippen LogP contribution in [0.2, 0.25) is 0 Å². The first-order valence-electron chi connectivity index (χ1n) is 3.64. The van der Waals surface area contributed by atoms with Gasteiger partial charge in [-0.05, 0) is 0 Å². The minimum atomic E-state index is 0.890. The second kappa shape index (κ2) is 2.38. The highest BCUT2D eigenvalue weighted by atomic mass is 15.2. The van der Waals surface area contributed by atoms with E-state index in [4.69, 9.17) is 0 Å². The van der Waals surface area contributed by atoms with Crippen molar-refractivity contribution in [1.29, 1.82) is 0 Å². The molecule has 1 aliphatic heterocycles. The van der Waals surface area contributed by atoms with Crippen LogP contribution < -0.4 is 10.2 Å². The molecule has 0 atom stereocenters. The van der Waals surface area contributed by atoms with Crippen LogP contribution in [-0.2, 0) is 0 Å². The summed E-state index contributed by atoms with van der Waals surface area (Å²) >= 11 is 0. The Hall–Kier alpha value is -1.32. The number of nitrogens with one attached hydrogen (secondary N) is 1. The summed E-state index contributed by atoms with van der Waals surface area (Å²) in [5, 5.41) is 3.18. The topological polar surface area (TPSA) is 41.0 Å². The zero-order valence-corrected chi connectivity index (χ0v) is 6.41. The molecule has 0 saturated carbocycles. The van der Waals surface area contributed by atoms with E-state index in [2.05, 4.69) is 20.2 Å². The van der Waals surface area contributed by atoms with Crippen molar-refractivity contribution < 1.29 is 0 Å². The van der Waals surface area contributed by atoms with E-state index in [-0.39, 0.29) is 0 Å². The lowest BCUT2D eigenvalue weighted by molar-refractivity contribution is 0.850. The standard InChI is InChI=1S/C7H10N4/c1-11-5-4-9-6-7(11)10-3-2-8-6/h2-3H,4-5H2,1H3,(H,8,9). The summed E-state index contributed by atoms with van der Waals surface area (Å²) in [7, 11) is 2.02. The van der Waals surface area contributed by atoms with Crippen LogP contribution >= 0.6 is 0 Å². The monoisotopic (exact) mass is 150 g/mol. The molecule has 0 bridgehead atoms. The molecule has 0 radical (unpaired) electrons. The van der Waals surface area contributed by atoms with Gasteiger partial charge in [-0.25, -0.2) is 9.97 Å². The third kappa shape index (κ3) is 1.00. The van der Waals surface area contributed by atoms with Gasteiger partial charge < -0.3 is 10.2 Å². The molecule has 4 nitrogen and oxygen atoms in total. The van der Waals surface area contributed by atoms with Crippen LogP contribution in [0.25, 0.3) is 0 Å². The van der Waals surface area contributed by atoms with E-state index >= 15 is 0 Å². The number of fused-ring (bicyclic) bond motifs is 1. The Morgan fingerprint density at radius 1 is 1.45 bits per heavy atom. The van der Waals surface area contributed by atoms with Crippen molar-refractivity contribution in [3.63, 3.8) is 0 Å². The number of hydrogen-bond donors (Lipinski definition) is 1. The Balaban J connectivity index is 2.44. The number of aromatic nitrogens is 2. The van der Waals surface area contributed by atoms with Gasteiger partial charge in [0.2, 0.25) is 0 Å². The summed E-state index contributed by atoms with van der Waals surface area (Å²) in [5.74, 6) is 1.83. The second-order valence-corrected chi connectivity index (χ2v) is 2.58. The fourth-order valence-corrected chi connectivity index (χ4v) is 1.18. The third-order valence-electron chi connectivity index (χ3n) is 1.78. The largest absolute Gasteiger partial charge is 0.365 e. The molecule has 1 N–H and O–H groups in total. The predicted molar refractivity (Wildman–Crippen MR) is 43.8 cm³/mol. The summed E-state index contributed by atoms with van der Waals surface area (Å²) in [6.45, 7) is 1.94. The van der Waals surface area contributed by atoms with Gasteiger partial charge in [0.05, 0.1) is 0 Å². The minimum Gasteiger partial charge on any atom is -0.365 e. The van der Waals surface area contributed by atoms with Gasteiger partial charge in [0, 0.05) is 32.5 Å². The van der Waals surface area contributed by atoms with Crippen molar-refractivity contribution in [3.8, 4) is 0 Å². The molecule has 1 aromatic heterocycles. The maximum Gasteiger partial charge on any atom is 0.171 e. The molecule has 0 fully saturated rings. The van der Waals surface area contributed by atoms with Crippen LogP contribution in [-0.4, -0.2) is 30.1 Å². The summed E-state index contributed by atoms with van der Waals surface area (Å²) in [6, 6.07) is 0. The lowest BCUT2D eigenvalue weighted by atomic mass is 10.4. The highest BCUT2D eigenvalue weighted by Crippen LogP contribution is 2.20. The summed E-state index contributed by atoms with van der Waals surface area (Å²) in [4.78, 5) is 10.5. The molecular formula is C7H10N4. The Morgan fingerprint density at radius 3 is 3.09 bits per heavy atom. The van der Waals surface area contributed by atoms with Gasteiger partial charge in [-0.1, -0.05) is 0 Å². The van der Waals surface area contributed by atoms with E-state index in [0.717, 1.165) is 24.7 Å². The van der Waals surface area contributed by atoms with Gasteiger partial charge in [-0.15, -0.1) is 0 Å².